The molecule has 86 valence electrons. The summed E-state index contributed by atoms with van der Waals surface area (Å²) in [6.45, 7) is 9.45. The molecular weight excluding hydrogens is 194 g/mol. The molecule has 1 nitrogen and oxygen atoms in total. The smallest absolute Gasteiger partial charge is 0.0447 e. The van der Waals surface area contributed by atoms with E-state index in [1.54, 1.807) is 0 Å². The molecule has 2 aliphatic rings. The molecule has 0 aliphatic heterocycles. The van der Waals surface area contributed by atoms with Gasteiger partial charge in [-0.2, -0.15) is 0 Å². The number of aryl methyl sites for hydroxylation is 1. The van der Waals surface area contributed by atoms with Crippen molar-refractivity contribution in [3.05, 3.63) is 29.1 Å². The topological polar surface area (TPSA) is 12.9 Å². The summed E-state index contributed by atoms with van der Waals surface area (Å²) in [7, 11) is 0. The minimum Gasteiger partial charge on any atom is -0.258 e. The number of fused-ring (bicyclic) bond motifs is 4. The van der Waals surface area contributed by atoms with Crippen LogP contribution in [0.3, 0.4) is 0 Å². The second-order valence-electron chi connectivity index (χ2n) is 6.44. The molecule has 1 fully saturated rings. The summed E-state index contributed by atoms with van der Waals surface area (Å²) in [5, 5.41) is 0. The first kappa shape index (κ1) is 10.3. The fourth-order valence-electron chi connectivity index (χ4n) is 3.94. The summed E-state index contributed by atoms with van der Waals surface area (Å²) in [4.78, 5) is 4.77. The molecule has 0 radical (unpaired) electrons. The van der Waals surface area contributed by atoms with Crippen molar-refractivity contribution in [3.63, 3.8) is 0 Å². The standard InChI is InChI=1S/C15H21N/c1-10-5-6-12-13(16-10)9-11-7-8-15(12,4)14(11,2)3/h5-6,11H,7-9H2,1-4H3/t11-,15+/m1/s1. The molecule has 1 heterocycles. The molecular formula is C15H21N. The molecule has 0 N–H and O–H groups in total. The molecule has 3 rings (SSSR count). The van der Waals surface area contributed by atoms with Gasteiger partial charge in [-0.15, -0.1) is 0 Å². The Hall–Kier alpha value is -0.850. The Morgan fingerprint density at radius 1 is 1.25 bits per heavy atom. The van der Waals surface area contributed by atoms with Gasteiger partial charge in [-0.25, -0.2) is 0 Å². The second-order valence-corrected chi connectivity index (χ2v) is 6.44. The van der Waals surface area contributed by atoms with Gasteiger partial charge in [0, 0.05) is 11.4 Å². The zero-order valence-corrected chi connectivity index (χ0v) is 10.8. The zero-order chi connectivity index (χ0) is 11.6. The molecule has 2 aliphatic carbocycles. The molecule has 16 heavy (non-hydrogen) atoms. The molecule has 0 saturated heterocycles. The predicted octanol–water partition coefficient (Wildman–Crippen LogP) is 3.64. The van der Waals surface area contributed by atoms with E-state index in [1.165, 1.54) is 36.2 Å². The lowest BCUT2D eigenvalue weighted by atomic mass is 9.58. The largest absolute Gasteiger partial charge is 0.258 e. The summed E-state index contributed by atoms with van der Waals surface area (Å²) in [6.07, 6.45) is 3.90. The lowest BCUT2D eigenvalue weighted by molar-refractivity contribution is 0.140. The van der Waals surface area contributed by atoms with Gasteiger partial charge in [-0.3, -0.25) is 4.98 Å². The van der Waals surface area contributed by atoms with Crippen molar-refractivity contribution in [2.75, 3.05) is 0 Å². The Bertz CT molecular complexity index is 447. The van der Waals surface area contributed by atoms with Gasteiger partial charge in [-0.05, 0) is 54.6 Å². The average Bonchev–Trinajstić information content (AvgIpc) is 2.37. The monoisotopic (exact) mass is 215 g/mol. The highest BCUT2D eigenvalue weighted by Gasteiger charge is 2.55. The van der Waals surface area contributed by atoms with Crippen molar-refractivity contribution in [2.24, 2.45) is 11.3 Å². The fraction of sp³-hybridized carbons (Fsp3) is 0.667. The molecule has 1 heteroatoms. The van der Waals surface area contributed by atoms with Crippen molar-refractivity contribution in [1.29, 1.82) is 0 Å². The Morgan fingerprint density at radius 3 is 2.75 bits per heavy atom. The van der Waals surface area contributed by atoms with Crippen molar-refractivity contribution in [1.82, 2.24) is 4.98 Å². The third-order valence-corrected chi connectivity index (χ3v) is 5.58. The van der Waals surface area contributed by atoms with E-state index in [0.29, 0.717) is 10.8 Å². The maximum Gasteiger partial charge on any atom is 0.0447 e. The number of hydrogen-bond acceptors (Lipinski definition) is 1. The molecule has 2 atom stereocenters. The predicted molar refractivity (Wildman–Crippen MR) is 66.5 cm³/mol. The maximum atomic E-state index is 4.77. The highest BCUT2D eigenvalue weighted by atomic mass is 14.8. The van der Waals surface area contributed by atoms with Gasteiger partial charge in [0.25, 0.3) is 0 Å². The van der Waals surface area contributed by atoms with Crippen LogP contribution < -0.4 is 0 Å². The van der Waals surface area contributed by atoms with Gasteiger partial charge in [0.1, 0.15) is 0 Å². The van der Waals surface area contributed by atoms with E-state index in [-0.39, 0.29) is 0 Å². The average molecular weight is 215 g/mol. The van der Waals surface area contributed by atoms with Crippen molar-refractivity contribution < 1.29 is 0 Å². The first-order valence-corrected chi connectivity index (χ1v) is 6.42. The highest BCUT2D eigenvalue weighted by Crippen LogP contribution is 2.61. The van der Waals surface area contributed by atoms with E-state index in [1.807, 2.05) is 0 Å². The molecule has 1 saturated carbocycles. The first-order valence-electron chi connectivity index (χ1n) is 6.42. The fourth-order valence-corrected chi connectivity index (χ4v) is 3.94. The van der Waals surface area contributed by atoms with E-state index in [2.05, 4.69) is 39.8 Å². The molecule has 0 aromatic carbocycles. The summed E-state index contributed by atoms with van der Waals surface area (Å²) in [5.41, 5.74) is 4.87. The number of hydrogen-bond donors (Lipinski definition) is 0. The van der Waals surface area contributed by atoms with E-state index in [9.17, 15) is 0 Å². The SMILES string of the molecule is Cc1ccc2c(n1)C[C@H]1CC[C@]2(C)C1(C)C. The van der Waals surface area contributed by atoms with Crippen LogP contribution in [0, 0.1) is 18.3 Å². The van der Waals surface area contributed by atoms with Gasteiger partial charge in [0.2, 0.25) is 0 Å². The minimum absolute atomic E-state index is 0.353. The van der Waals surface area contributed by atoms with Crippen molar-refractivity contribution in [2.45, 2.75) is 52.4 Å². The quantitative estimate of drug-likeness (QED) is 0.644. The van der Waals surface area contributed by atoms with Crippen LogP contribution in [0.5, 0.6) is 0 Å². The van der Waals surface area contributed by atoms with E-state index in [0.717, 1.165) is 5.92 Å². The number of nitrogens with zero attached hydrogens (tertiary/aromatic N) is 1. The van der Waals surface area contributed by atoms with E-state index < -0.39 is 0 Å². The zero-order valence-electron chi connectivity index (χ0n) is 10.8. The van der Waals surface area contributed by atoms with Crippen LogP contribution in [0.1, 0.15) is 50.6 Å². The molecule has 0 unspecified atom stereocenters. The van der Waals surface area contributed by atoms with Crippen LogP contribution in [-0.4, -0.2) is 4.98 Å². The van der Waals surface area contributed by atoms with Gasteiger partial charge in [-0.1, -0.05) is 26.8 Å². The van der Waals surface area contributed by atoms with E-state index >= 15 is 0 Å². The second kappa shape index (κ2) is 2.88. The number of rotatable bonds is 0. The van der Waals surface area contributed by atoms with Gasteiger partial charge < -0.3 is 0 Å². The highest BCUT2D eigenvalue weighted by molar-refractivity contribution is 5.38. The van der Waals surface area contributed by atoms with Crippen LogP contribution in [0.25, 0.3) is 0 Å². The molecule has 1 aromatic rings. The normalized spacial score (nSPS) is 34.9. The van der Waals surface area contributed by atoms with Crippen LogP contribution in [0.2, 0.25) is 0 Å². The van der Waals surface area contributed by atoms with Gasteiger partial charge in [0.05, 0.1) is 0 Å². The minimum atomic E-state index is 0.353. The van der Waals surface area contributed by atoms with Crippen LogP contribution >= 0.6 is 0 Å². The summed E-state index contributed by atoms with van der Waals surface area (Å²) in [5.74, 6) is 0.833. The first-order chi connectivity index (χ1) is 7.45. The summed E-state index contributed by atoms with van der Waals surface area (Å²) in [6, 6.07) is 4.51. The van der Waals surface area contributed by atoms with Crippen LogP contribution in [0.4, 0.5) is 0 Å². The molecule has 0 amide bonds. The molecule has 1 aromatic heterocycles. The van der Waals surface area contributed by atoms with E-state index in [4.69, 9.17) is 4.98 Å². The Kier molecular flexibility index (Phi) is 1.86. The third-order valence-electron chi connectivity index (χ3n) is 5.58. The third kappa shape index (κ3) is 1.04. The van der Waals surface area contributed by atoms with Crippen molar-refractivity contribution in [3.8, 4) is 0 Å². The van der Waals surface area contributed by atoms with Gasteiger partial charge in [0.15, 0.2) is 0 Å². The Morgan fingerprint density at radius 2 is 2.00 bits per heavy atom. The number of aromatic nitrogens is 1. The Balaban J connectivity index is 2.23. The lowest BCUT2D eigenvalue weighted by Gasteiger charge is -2.46. The molecule has 0 spiro atoms. The van der Waals surface area contributed by atoms with Gasteiger partial charge >= 0.3 is 0 Å². The molecule has 2 bridgehead atoms. The summed E-state index contributed by atoms with van der Waals surface area (Å²) < 4.78 is 0. The maximum absolute atomic E-state index is 4.77. The summed E-state index contributed by atoms with van der Waals surface area (Å²) >= 11 is 0. The van der Waals surface area contributed by atoms with Crippen LogP contribution in [-0.2, 0) is 11.8 Å². The Labute approximate surface area is 98.3 Å². The van der Waals surface area contributed by atoms with Crippen LogP contribution in [0.15, 0.2) is 12.1 Å². The lowest BCUT2D eigenvalue weighted by Crippen LogP contribution is -2.43. The van der Waals surface area contributed by atoms with Crippen molar-refractivity contribution >= 4 is 0 Å². The number of pyridine rings is 1.